The smallest absolute Gasteiger partial charge is 0.241 e. The minimum absolute atomic E-state index is 0.0587. The van der Waals surface area contributed by atoms with E-state index in [0.717, 1.165) is 24.4 Å². The number of amides is 1. The lowest BCUT2D eigenvalue weighted by Crippen LogP contribution is -2.38. The first-order chi connectivity index (χ1) is 10.2. The van der Waals surface area contributed by atoms with E-state index in [2.05, 4.69) is 32.9 Å². The van der Waals surface area contributed by atoms with E-state index in [1.54, 1.807) is 11.3 Å². The molecule has 0 aliphatic carbocycles. The number of nitrogens with one attached hydrogen (secondary N) is 3. The van der Waals surface area contributed by atoms with Crippen LogP contribution in [0.1, 0.15) is 37.1 Å². The third kappa shape index (κ3) is 7.08. The zero-order valence-electron chi connectivity index (χ0n) is 13.0. The Labute approximate surface area is 130 Å². The van der Waals surface area contributed by atoms with Crippen molar-refractivity contribution in [3.63, 3.8) is 0 Å². The normalized spacial score (nSPS) is 11.3. The summed E-state index contributed by atoms with van der Waals surface area (Å²) < 4.78 is 0. The molecule has 0 spiro atoms. The molecule has 1 aromatic heterocycles. The second-order valence-electron chi connectivity index (χ2n) is 4.47. The predicted octanol–water partition coefficient (Wildman–Crippen LogP) is 1.29. The molecule has 0 aliphatic heterocycles. The van der Waals surface area contributed by atoms with E-state index in [1.165, 1.54) is 4.88 Å². The summed E-state index contributed by atoms with van der Waals surface area (Å²) in [7, 11) is 0. The van der Waals surface area contributed by atoms with Crippen molar-refractivity contribution in [2.24, 2.45) is 4.99 Å². The fraction of sp³-hybridized carbons (Fsp3) is 0.643. The number of carbonyl (C=O) groups is 1. The van der Waals surface area contributed by atoms with Crippen LogP contribution in [0.15, 0.2) is 11.2 Å². The van der Waals surface area contributed by atoms with Gasteiger partial charge in [-0.15, -0.1) is 11.3 Å². The molecule has 0 aromatic carbocycles. The van der Waals surface area contributed by atoms with Gasteiger partial charge in [0.2, 0.25) is 5.91 Å². The molecule has 7 heteroatoms. The first kappa shape index (κ1) is 17.4. The van der Waals surface area contributed by atoms with E-state index in [-0.39, 0.29) is 12.5 Å². The van der Waals surface area contributed by atoms with Crippen LogP contribution in [0, 0.1) is 0 Å². The number of rotatable bonds is 8. The van der Waals surface area contributed by atoms with Gasteiger partial charge in [0.25, 0.3) is 0 Å². The number of aromatic nitrogens is 1. The van der Waals surface area contributed by atoms with Crippen LogP contribution in [-0.4, -0.2) is 36.5 Å². The highest BCUT2D eigenvalue weighted by molar-refractivity contribution is 7.11. The predicted molar refractivity (Wildman–Crippen MR) is 87.6 cm³/mol. The van der Waals surface area contributed by atoms with Crippen molar-refractivity contribution in [3.8, 4) is 0 Å². The monoisotopic (exact) mass is 311 g/mol. The van der Waals surface area contributed by atoms with Crippen molar-refractivity contribution < 1.29 is 4.79 Å². The number of guanidine groups is 1. The Hall–Kier alpha value is -1.63. The third-order valence-electron chi connectivity index (χ3n) is 2.65. The fourth-order valence-electron chi connectivity index (χ4n) is 1.57. The first-order valence-electron chi connectivity index (χ1n) is 7.42. The maximum Gasteiger partial charge on any atom is 0.241 e. The second kappa shape index (κ2) is 10.1. The van der Waals surface area contributed by atoms with E-state index < -0.39 is 0 Å². The van der Waals surface area contributed by atoms with Gasteiger partial charge in [-0.25, -0.2) is 9.98 Å². The van der Waals surface area contributed by atoms with Crippen molar-refractivity contribution in [2.45, 2.75) is 40.2 Å². The molecule has 0 unspecified atom stereocenters. The van der Waals surface area contributed by atoms with Crippen molar-refractivity contribution in [1.29, 1.82) is 0 Å². The van der Waals surface area contributed by atoms with Crippen LogP contribution in [-0.2, 0) is 17.8 Å². The van der Waals surface area contributed by atoms with Crippen LogP contribution < -0.4 is 16.0 Å². The minimum Gasteiger partial charge on any atom is -0.357 e. The summed E-state index contributed by atoms with van der Waals surface area (Å²) in [6, 6.07) is 0. The summed E-state index contributed by atoms with van der Waals surface area (Å²) in [4.78, 5) is 21.4. The summed E-state index contributed by atoms with van der Waals surface area (Å²) in [5, 5.41) is 10.1. The molecule has 0 saturated heterocycles. The highest BCUT2D eigenvalue weighted by Crippen LogP contribution is 2.12. The van der Waals surface area contributed by atoms with E-state index in [0.29, 0.717) is 19.0 Å². The van der Waals surface area contributed by atoms with Crippen LogP contribution in [0.3, 0.4) is 0 Å². The molecule has 1 rings (SSSR count). The van der Waals surface area contributed by atoms with Crippen LogP contribution in [0.5, 0.6) is 0 Å². The van der Waals surface area contributed by atoms with Gasteiger partial charge in [-0.3, -0.25) is 4.79 Å². The Morgan fingerprint density at radius 3 is 2.71 bits per heavy atom. The first-order valence-corrected chi connectivity index (χ1v) is 8.23. The SMILES string of the molecule is CCCNC(=O)CN=C(NCC)NCc1ncc(CC)s1. The molecule has 118 valence electrons. The summed E-state index contributed by atoms with van der Waals surface area (Å²) in [6.45, 7) is 8.32. The number of aliphatic imine (C=N–C) groups is 1. The zero-order chi connectivity index (χ0) is 15.5. The van der Waals surface area contributed by atoms with Gasteiger partial charge in [0.1, 0.15) is 11.6 Å². The molecule has 0 atom stereocenters. The van der Waals surface area contributed by atoms with E-state index in [1.807, 2.05) is 20.0 Å². The molecule has 6 nitrogen and oxygen atoms in total. The molecule has 1 aromatic rings. The second-order valence-corrected chi connectivity index (χ2v) is 5.67. The van der Waals surface area contributed by atoms with Crippen molar-refractivity contribution in [3.05, 3.63) is 16.1 Å². The highest BCUT2D eigenvalue weighted by Gasteiger charge is 2.04. The van der Waals surface area contributed by atoms with Crippen molar-refractivity contribution in [2.75, 3.05) is 19.6 Å². The zero-order valence-corrected chi connectivity index (χ0v) is 13.8. The Bertz CT molecular complexity index is 458. The Kier molecular flexibility index (Phi) is 8.42. The average Bonchev–Trinajstić information content (AvgIpc) is 2.96. The quantitative estimate of drug-likeness (QED) is 0.499. The van der Waals surface area contributed by atoms with Crippen molar-refractivity contribution in [1.82, 2.24) is 20.9 Å². The lowest BCUT2D eigenvalue weighted by molar-refractivity contribution is -0.119. The van der Waals surface area contributed by atoms with Gasteiger partial charge in [0.05, 0.1) is 6.54 Å². The van der Waals surface area contributed by atoms with Gasteiger partial charge in [-0.2, -0.15) is 0 Å². The van der Waals surface area contributed by atoms with E-state index in [9.17, 15) is 4.79 Å². The van der Waals surface area contributed by atoms with E-state index >= 15 is 0 Å². The molecule has 0 bridgehead atoms. The van der Waals surface area contributed by atoms with Gasteiger partial charge < -0.3 is 16.0 Å². The molecule has 0 aliphatic rings. The molecule has 1 heterocycles. The van der Waals surface area contributed by atoms with Crippen LogP contribution >= 0.6 is 11.3 Å². The van der Waals surface area contributed by atoms with Gasteiger partial charge in [-0.05, 0) is 19.8 Å². The number of hydrogen-bond donors (Lipinski definition) is 3. The molecule has 0 fully saturated rings. The lowest BCUT2D eigenvalue weighted by Gasteiger charge is -2.10. The van der Waals surface area contributed by atoms with Crippen LogP contribution in [0.25, 0.3) is 0 Å². The standard InChI is InChI=1S/C14H25N5OS/c1-4-7-16-12(20)9-18-14(15-6-3)19-10-13-17-8-11(5-2)21-13/h8H,4-7,9-10H2,1-3H3,(H,16,20)(H2,15,18,19). The molecule has 1 amide bonds. The summed E-state index contributed by atoms with van der Waals surface area (Å²) in [5.41, 5.74) is 0. The highest BCUT2D eigenvalue weighted by atomic mass is 32.1. The van der Waals surface area contributed by atoms with E-state index in [4.69, 9.17) is 0 Å². The molecule has 0 saturated carbocycles. The molecular formula is C14H25N5OS. The van der Waals surface area contributed by atoms with Crippen molar-refractivity contribution >= 4 is 23.2 Å². The topological polar surface area (TPSA) is 78.4 Å². The number of hydrogen-bond acceptors (Lipinski definition) is 4. The Morgan fingerprint density at radius 2 is 2.10 bits per heavy atom. The molecule has 3 N–H and O–H groups in total. The van der Waals surface area contributed by atoms with Gasteiger partial charge >= 0.3 is 0 Å². The number of nitrogens with zero attached hydrogens (tertiary/aromatic N) is 2. The molecule has 21 heavy (non-hydrogen) atoms. The Morgan fingerprint density at radius 1 is 1.29 bits per heavy atom. The van der Waals surface area contributed by atoms with Gasteiger partial charge in [0, 0.05) is 24.2 Å². The fourth-order valence-corrected chi connectivity index (χ4v) is 2.37. The number of aryl methyl sites for hydroxylation is 1. The van der Waals surface area contributed by atoms with Gasteiger partial charge in [-0.1, -0.05) is 13.8 Å². The number of thiazole rings is 1. The van der Waals surface area contributed by atoms with Crippen LogP contribution in [0.2, 0.25) is 0 Å². The molecular weight excluding hydrogens is 286 g/mol. The summed E-state index contributed by atoms with van der Waals surface area (Å²) >= 11 is 1.69. The minimum atomic E-state index is -0.0587. The maximum atomic E-state index is 11.5. The number of carbonyl (C=O) groups excluding carboxylic acids is 1. The average molecular weight is 311 g/mol. The molecule has 0 radical (unpaired) electrons. The Balaban J connectivity index is 2.46. The third-order valence-corrected chi connectivity index (χ3v) is 3.80. The largest absolute Gasteiger partial charge is 0.357 e. The lowest BCUT2D eigenvalue weighted by atomic mass is 10.4. The maximum absolute atomic E-state index is 11.5. The summed E-state index contributed by atoms with van der Waals surface area (Å²) in [6.07, 6.45) is 3.84. The van der Waals surface area contributed by atoms with Gasteiger partial charge in [0.15, 0.2) is 5.96 Å². The van der Waals surface area contributed by atoms with Crippen LogP contribution in [0.4, 0.5) is 0 Å². The summed E-state index contributed by atoms with van der Waals surface area (Å²) in [5.74, 6) is 0.578.